The lowest BCUT2D eigenvalue weighted by atomic mass is 9.83. The molecule has 0 aromatic heterocycles. The molecule has 1 aromatic carbocycles. The van der Waals surface area contributed by atoms with Crippen LogP contribution in [0, 0.1) is 18.2 Å². The molecular formula is C17H28FNO. The van der Waals surface area contributed by atoms with E-state index in [1.165, 1.54) is 5.56 Å². The van der Waals surface area contributed by atoms with Crippen LogP contribution in [0.3, 0.4) is 0 Å². The number of ether oxygens (including phenoxy) is 1. The third kappa shape index (κ3) is 6.49. The summed E-state index contributed by atoms with van der Waals surface area (Å²) >= 11 is 0. The van der Waals surface area contributed by atoms with Gasteiger partial charge in [0, 0.05) is 13.7 Å². The van der Waals surface area contributed by atoms with E-state index in [0.717, 1.165) is 44.5 Å². The first kappa shape index (κ1) is 17.1. The van der Waals surface area contributed by atoms with Gasteiger partial charge in [0.15, 0.2) is 0 Å². The van der Waals surface area contributed by atoms with Crippen LogP contribution in [-0.2, 0) is 11.2 Å². The third-order valence-electron chi connectivity index (χ3n) is 3.77. The number of hydrogen-bond acceptors (Lipinski definition) is 2. The Kier molecular flexibility index (Phi) is 7.17. The number of hydrogen-bond donors (Lipinski definition) is 1. The molecule has 0 amide bonds. The van der Waals surface area contributed by atoms with Gasteiger partial charge in [0.2, 0.25) is 0 Å². The topological polar surface area (TPSA) is 21.3 Å². The first-order valence-electron chi connectivity index (χ1n) is 7.39. The van der Waals surface area contributed by atoms with Crippen LogP contribution in [0.15, 0.2) is 18.2 Å². The molecule has 1 rings (SSSR count). The molecule has 0 aliphatic heterocycles. The van der Waals surface area contributed by atoms with Crippen molar-refractivity contribution in [1.29, 1.82) is 0 Å². The smallest absolute Gasteiger partial charge is 0.126 e. The lowest BCUT2D eigenvalue weighted by Crippen LogP contribution is -2.25. The fourth-order valence-corrected chi connectivity index (χ4v) is 2.20. The molecule has 20 heavy (non-hydrogen) atoms. The normalized spacial score (nSPS) is 11.8. The van der Waals surface area contributed by atoms with Gasteiger partial charge in [-0.05, 0) is 55.3 Å². The lowest BCUT2D eigenvalue weighted by Gasteiger charge is -2.25. The molecule has 1 N–H and O–H groups in total. The van der Waals surface area contributed by atoms with E-state index in [4.69, 9.17) is 4.74 Å². The maximum atomic E-state index is 13.2. The van der Waals surface area contributed by atoms with E-state index in [1.807, 2.05) is 19.1 Å². The number of benzene rings is 1. The Morgan fingerprint density at radius 2 is 1.95 bits per heavy atom. The van der Waals surface area contributed by atoms with Crippen LogP contribution in [0.4, 0.5) is 4.39 Å². The summed E-state index contributed by atoms with van der Waals surface area (Å²) in [4.78, 5) is 0. The van der Waals surface area contributed by atoms with E-state index >= 15 is 0 Å². The van der Waals surface area contributed by atoms with E-state index in [0.29, 0.717) is 5.41 Å². The summed E-state index contributed by atoms with van der Waals surface area (Å²) in [6.07, 6.45) is 3.26. The minimum atomic E-state index is -0.115. The second-order valence-electron chi connectivity index (χ2n) is 6.24. The van der Waals surface area contributed by atoms with Crippen molar-refractivity contribution in [2.45, 2.75) is 40.0 Å². The summed E-state index contributed by atoms with van der Waals surface area (Å²) in [6, 6.07) is 5.43. The van der Waals surface area contributed by atoms with Crippen molar-refractivity contribution in [3.05, 3.63) is 35.1 Å². The molecule has 0 heterocycles. The largest absolute Gasteiger partial charge is 0.383 e. The molecule has 0 radical (unpaired) electrons. The summed E-state index contributed by atoms with van der Waals surface area (Å²) in [5.41, 5.74) is 2.26. The van der Waals surface area contributed by atoms with Crippen molar-refractivity contribution in [2.24, 2.45) is 5.41 Å². The minimum Gasteiger partial charge on any atom is -0.383 e. The molecule has 0 fully saturated rings. The zero-order valence-corrected chi connectivity index (χ0v) is 13.3. The summed E-state index contributed by atoms with van der Waals surface area (Å²) in [7, 11) is 1.72. The highest BCUT2D eigenvalue weighted by Gasteiger charge is 2.17. The Morgan fingerprint density at radius 3 is 2.60 bits per heavy atom. The van der Waals surface area contributed by atoms with Crippen LogP contribution in [0.5, 0.6) is 0 Å². The van der Waals surface area contributed by atoms with E-state index in [9.17, 15) is 4.39 Å². The Balaban J connectivity index is 2.32. The van der Waals surface area contributed by atoms with Crippen molar-refractivity contribution in [3.8, 4) is 0 Å². The van der Waals surface area contributed by atoms with Crippen LogP contribution in [0.1, 0.15) is 37.8 Å². The van der Waals surface area contributed by atoms with Gasteiger partial charge in [-0.2, -0.15) is 0 Å². The van der Waals surface area contributed by atoms with Crippen LogP contribution in [0.25, 0.3) is 0 Å². The Labute approximate surface area is 122 Å². The minimum absolute atomic E-state index is 0.115. The number of nitrogens with one attached hydrogen (secondary N) is 1. The molecule has 1 aromatic rings. The van der Waals surface area contributed by atoms with Gasteiger partial charge in [0.1, 0.15) is 5.82 Å². The summed E-state index contributed by atoms with van der Waals surface area (Å²) in [5, 5.41) is 3.38. The average molecular weight is 281 g/mol. The molecule has 0 saturated heterocycles. The SMILES string of the molecule is COCCNCCC(C)(C)CCc1ccc(F)c(C)c1. The van der Waals surface area contributed by atoms with Crippen LogP contribution >= 0.6 is 0 Å². The molecule has 0 unspecified atom stereocenters. The van der Waals surface area contributed by atoms with Gasteiger partial charge in [-0.15, -0.1) is 0 Å². The predicted molar refractivity (Wildman–Crippen MR) is 82.6 cm³/mol. The summed E-state index contributed by atoms with van der Waals surface area (Å²) < 4.78 is 18.2. The standard InChI is InChI=1S/C17H28FNO/c1-14-13-15(5-6-16(14)18)7-8-17(2,3)9-10-19-11-12-20-4/h5-6,13,19H,7-12H2,1-4H3. The summed E-state index contributed by atoms with van der Waals surface area (Å²) in [6.45, 7) is 9.09. The monoisotopic (exact) mass is 281 g/mol. The number of aryl methyl sites for hydroxylation is 2. The molecule has 0 aliphatic carbocycles. The third-order valence-corrected chi connectivity index (χ3v) is 3.77. The van der Waals surface area contributed by atoms with Crippen LogP contribution in [-0.4, -0.2) is 26.8 Å². The van der Waals surface area contributed by atoms with Crippen molar-refractivity contribution in [2.75, 3.05) is 26.8 Å². The van der Waals surface area contributed by atoms with Gasteiger partial charge >= 0.3 is 0 Å². The Bertz CT molecular complexity index is 404. The molecule has 2 nitrogen and oxygen atoms in total. The van der Waals surface area contributed by atoms with Gasteiger partial charge in [-0.1, -0.05) is 26.0 Å². The number of rotatable bonds is 9. The zero-order valence-electron chi connectivity index (χ0n) is 13.3. The summed E-state index contributed by atoms with van der Waals surface area (Å²) in [5.74, 6) is -0.115. The highest BCUT2D eigenvalue weighted by molar-refractivity contribution is 5.24. The van der Waals surface area contributed by atoms with Crippen molar-refractivity contribution in [3.63, 3.8) is 0 Å². The van der Waals surface area contributed by atoms with E-state index < -0.39 is 0 Å². The first-order valence-corrected chi connectivity index (χ1v) is 7.39. The molecule has 0 saturated carbocycles. The predicted octanol–water partition coefficient (Wildman–Crippen LogP) is 3.72. The quantitative estimate of drug-likeness (QED) is 0.697. The number of methoxy groups -OCH3 is 1. The van der Waals surface area contributed by atoms with Crippen molar-refractivity contribution in [1.82, 2.24) is 5.32 Å². The van der Waals surface area contributed by atoms with E-state index in [-0.39, 0.29) is 5.82 Å². The van der Waals surface area contributed by atoms with Crippen LogP contribution < -0.4 is 5.32 Å². The maximum Gasteiger partial charge on any atom is 0.126 e. The van der Waals surface area contributed by atoms with E-state index in [1.54, 1.807) is 13.2 Å². The van der Waals surface area contributed by atoms with Gasteiger partial charge < -0.3 is 10.1 Å². The molecule has 0 spiro atoms. The average Bonchev–Trinajstić information content (AvgIpc) is 2.40. The number of halogens is 1. The zero-order chi connectivity index (χ0) is 15.0. The molecular weight excluding hydrogens is 253 g/mol. The maximum absolute atomic E-state index is 13.2. The second-order valence-corrected chi connectivity index (χ2v) is 6.24. The molecule has 0 bridgehead atoms. The fourth-order valence-electron chi connectivity index (χ4n) is 2.20. The Hall–Kier alpha value is -0.930. The van der Waals surface area contributed by atoms with Gasteiger partial charge in [0.25, 0.3) is 0 Å². The van der Waals surface area contributed by atoms with E-state index in [2.05, 4.69) is 19.2 Å². The highest BCUT2D eigenvalue weighted by Crippen LogP contribution is 2.26. The van der Waals surface area contributed by atoms with Crippen molar-refractivity contribution >= 4 is 0 Å². The lowest BCUT2D eigenvalue weighted by molar-refractivity contribution is 0.197. The second kappa shape index (κ2) is 8.38. The van der Waals surface area contributed by atoms with Crippen LogP contribution in [0.2, 0.25) is 0 Å². The highest BCUT2D eigenvalue weighted by atomic mass is 19.1. The Morgan fingerprint density at radius 1 is 1.20 bits per heavy atom. The fraction of sp³-hybridized carbons (Fsp3) is 0.647. The van der Waals surface area contributed by atoms with Gasteiger partial charge in [-0.3, -0.25) is 0 Å². The van der Waals surface area contributed by atoms with Crippen molar-refractivity contribution < 1.29 is 9.13 Å². The van der Waals surface area contributed by atoms with Gasteiger partial charge in [0.05, 0.1) is 6.61 Å². The molecule has 0 aliphatic rings. The first-order chi connectivity index (χ1) is 9.44. The molecule has 3 heteroatoms. The molecule has 0 atom stereocenters. The molecule has 114 valence electrons. The van der Waals surface area contributed by atoms with Gasteiger partial charge in [-0.25, -0.2) is 4.39 Å².